The highest BCUT2D eigenvalue weighted by Gasteiger charge is 2.30. The summed E-state index contributed by atoms with van der Waals surface area (Å²) < 4.78 is 25.5. The molecule has 1 saturated heterocycles. The average molecular weight is 360 g/mol. The van der Waals surface area contributed by atoms with E-state index in [1.165, 1.54) is 15.4 Å². The van der Waals surface area contributed by atoms with Crippen molar-refractivity contribution in [1.82, 2.24) is 14.5 Å². The van der Waals surface area contributed by atoms with Crippen LogP contribution in [0.15, 0.2) is 18.2 Å². The molecule has 0 aliphatic carbocycles. The number of nitrogens with one attached hydrogen (secondary N) is 1. The lowest BCUT2D eigenvalue weighted by Crippen LogP contribution is -2.27. The summed E-state index contributed by atoms with van der Waals surface area (Å²) in [5.41, 5.74) is 2.04. The van der Waals surface area contributed by atoms with Crippen molar-refractivity contribution in [1.29, 1.82) is 0 Å². The van der Waals surface area contributed by atoms with Crippen molar-refractivity contribution in [3.8, 4) is 0 Å². The lowest BCUT2D eigenvalue weighted by atomic mass is 10.0. The monoisotopic (exact) mass is 359 g/mol. The topological polar surface area (TPSA) is 66.1 Å². The van der Waals surface area contributed by atoms with Gasteiger partial charge in [0.25, 0.3) is 0 Å². The van der Waals surface area contributed by atoms with Gasteiger partial charge in [-0.1, -0.05) is 11.6 Å². The molecule has 5 nitrogen and oxygen atoms in total. The second-order valence-electron chi connectivity index (χ2n) is 5.63. The molecule has 3 rings (SSSR count). The van der Waals surface area contributed by atoms with E-state index in [-0.39, 0.29) is 5.92 Å². The predicted octanol–water partition coefficient (Wildman–Crippen LogP) is 2.66. The van der Waals surface area contributed by atoms with Crippen molar-refractivity contribution in [2.45, 2.75) is 25.2 Å². The third kappa shape index (κ3) is 3.71. The Hall–Kier alpha value is -0.890. The fraction of sp³-hybridized carbons (Fsp3) is 0.500. The molecule has 1 fully saturated rings. The number of hydrogen-bond donors (Lipinski definition) is 1. The van der Waals surface area contributed by atoms with Crippen molar-refractivity contribution in [3.63, 3.8) is 0 Å². The summed E-state index contributed by atoms with van der Waals surface area (Å²) >= 11 is 7.53. The van der Waals surface area contributed by atoms with Gasteiger partial charge in [0.1, 0.15) is 0 Å². The molecule has 1 aliphatic rings. The smallest absolute Gasteiger partial charge is 0.211 e. The van der Waals surface area contributed by atoms with E-state index in [0.29, 0.717) is 13.1 Å². The summed E-state index contributed by atoms with van der Waals surface area (Å²) in [5, 5.41) is 7.43. The van der Waals surface area contributed by atoms with E-state index in [1.807, 2.05) is 12.1 Å². The molecule has 0 amide bonds. The molecule has 3 heterocycles. The van der Waals surface area contributed by atoms with Gasteiger partial charge in [0, 0.05) is 29.6 Å². The Morgan fingerprint density at radius 2 is 2.27 bits per heavy atom. The Labute approximate surface area is 139 Å². The highest BCUT2D eigenvalue weighted by molar-refractivity contribution is 7.88. The zero-order valence-corrected chi connectivity index (χ0v) is 14.6. The van der Waals surface area contributed by atoms with Crippen molar-refractivity contribution in [2.24, 2.45) is 0 Å². The minimum Gasteiger partial charge on any atom is -0.282 e. The van der Waals surface area contributed by atoms with E-state index >= 15 is 0 Å². The summed E-state index contributed by atoms with van der Waals surface area (Å²) in [6.45, 7) is 1.11. The van der Waals surface area contributed by atoms with Crippen LogP contribution in [-0.4, -0.2) is 42.3 Å². The first-order chi connectivity index (χ1) is 10.4. The zero-order valence-electron chi connectivity index (χ0n) is 12.3. The second-order valence-corrected chi connectivity index (χ2v) is 9.41. The van der Waals surface area contributed by atoms with Crippen LogP contribution in [0.5, 0.6) is 0 Å². The van der Waals surface area contributed by atoms with Crippen LogP contribution in [0.1, 0.15) is 28.6 Å². The van der Waals surface area contributed by atoms with Gasteiger partial charge in [-0.25, -0.2) is 12.7 Å². The van der Waals surface area contributed by atoms with Crippen LogP contribution in [0.2, 0.25) is 4.34 Å². The Kier molecular flexibility index (Phi) is 4.59. The van der Waals surface area contributed by atoms with Crippen LogP contribution >= 0.6 is 22.9 Å². The van der Waals surface area contributed by atoms with Crippen LogP contribution < -0.4 is 0 Å². The fourth-order valence-electron chi connectivity index (χ4n) is 2.73. The number of aromatic nitrogens is 2. The molecular weight excluding hydrogens is 342 g/mol. The van der Waals surface area contributed by atoms with Crippen LogP contribution in [0.4, 0.5) is 0 Å². The minimum atomic E-state index is -3.10. The largest absolute Gasteiger partial charge is 0.282 e. The van der Waals surface area contributed by atoms with Crippen LogP contribution in [0.3, 0.4) is 0 Å². The number of nitrogens with zero attached hydrogens (tertiary/aromatic N) is 2. The highest BCUT2D eigenvalue weighted by atomic mass is 35.5. The third-order valence-corrected chi connectivity index (χ3v) is 6.52. The number of H-pyrrole nitrogens is 1. The van der Waals surface area contributed by atoms with E-state index in [9.17, 15) is 8.42 Å². The molecule has 120 valence electrons. The quantitative estimate of drug-likeness (QED) is 0.892. The van der Waals surface area contributed by atoms with Crippen molar-refractivity contribution < 1.29 is 8.42 Å². The van der Waals surface area contributed by atoms with Gasteiger partial charge in [-0.05, 0) is 37.5 Å². The normalized spacial score (nSPS) is 19.8. The molecule has 2 aromatic rings. The average Bonchev–Trinajstić information content (AvgIpc) is 3.15. The van der Waals surface area contributed by atoms with E-state index in [4.69, 9.17) is 11.6 Å². The number of aryl methyl sites for hydroxylation is 2. The summed E-state index contributed by atoms with van der Waals surface area (Å²) in [7, 11) is -3.10. The van der Waals surface area contributed by atoms with E-state index in [2.05, 4.69) is 16.3 Å². The van der Waals surface area contributed by atoms with Gasteiger partial charge in [0.2, 0.25) is 10.0 Å². The first kappa shape index (κ1) is 16.0. The Morgan fingerprint density at radius 1 is 1.45 bits per heavy atom. The van der Waals surface area contributed by atoms with E-state index in [0.717, 1.165) is 35.0 Å². The first-order valence-corrected chi connectivity index (χ1v) is 10.2. The fourth-order valence-corrected chi connectivity index (χ4v) is 4.71. The molecule has 8 heteroatoms. The number of thiophene rings is 1. The lowest BCUT2D eigenvalue weighted by molar-refractivity contribution is 0.477. The van der Waals surface area contributed by atoms with Crippen molar-refractivity contribution in [2.75, 3.05) is 19.3 Å². The predicted molar refractivity (Wildman–Crippen MR) is 89.1 cm³/mol. The van der Waals surface area contributed by atoms with Gasteiger partial charge in [-0.3, -0.25) is 5.10 Å². The number of hydrogen-bond acceptors (Lipinski definition) is 4. The maximum Gasteiger partial charge on any atom is 0.211 e. The zero-order chi connectivity index (χ0) is 15.7. The highest BCUT2D eigenvalue weighted by Crippen LogP contribution is 2.28. The molecule has 2 aromatic heterocycles. The number of rotatable bonds is 5. The molecule has 1 unspecified atom stereocenters. The SMILES string of the molecule is CS(=O)(=O)N1CCC(c2cc(CCc3ccc(Cl)s3)[nH]n2)C1. The molecule has 1 atom stereocenters. The van der Waals surface area contributed by atoms with Crippen LogP contribution in [0, 0.1) is 0 Å². The molecule has 0 radical (unpaired) electrons. The second kappa shape index (κ2) is 6.31. The number of aromatic amines is 1. The third-order valence-electron chi connectivity index (χ3n) is 3.96. The molecule has 0 bridgehead atoms. The van der Waals surface area contributed by atoms with E-state index < -0.39 is 10.0 Å². The maximum absolute atomic E-state index is 11.6. The first-order valence-electron chi connectivity index (χ1n) is 7.15. The Balaban J connectivity index is 1.60. The number of sulfonamides is 1. The molecular formula is C14H18ClN3O2S2. The molecule has 0 spiro atoms. The molecule has 1 aliphatic heterocycles. The number of halogens is 1. The summed E-state index contributed by atoms with van der Waals surface area (Å²) in [6.07, 6.45) is 3.90. The Morgan fingerprint density at radius 3 is 2.91 bits per heavy atom. The van der Waals surface area contributed by atoms with Gasteiger partial charge in [-0.15, -0.1) is 11.3 Å². The van der Waals surface area contributed by atoms with Crippen LogP contribution in [-0.2, 0) is 22.9 Å². The molecule has 22 heavy (non-hydrogen) atoms. The van der Waals surface area contributed by atoms with Gasteiger partial charge in [0.15, 0.2) is 0 Å². The maximum atomic E-state index is 11.6. The molecule has 1 N–H and O–H groups in total. The molecule has 0 saturated carbocycles. The minimum absolute atomic E-state index is 0.191. The lowest BCUT2D eigenvalue weighted by Gasteiger charge is -2.11. The van der Waals surface area contributed by atoms with Gasteiger partial charge < -0.3 is 0 Å². The van der Waals surface area contributed by atoms with Crippen molar-refractivity contribution in [3.05, 3.63) is 38.8 Å². The standard InChI is InChI=1S/C14H18ClN3O2S2/c1-22(19,20)18-7-6-10(9-18)13-8-11(16-17-13)2-3-12-4-5-14(15)21-12/h4-5,8,10H,2-3,6-7,9H2,1H3,(H,16,17). The van der Waals surface area contributed by atoms with Crippen molar-refractivity contribution >= 4 is 33.0 Å². The summed E-state index contributed by atoms with van der Waals surface area (Å²) in [4.78, 5) is 1.25. The van der Waals surface area contributed by atoms with Gasteiger partial charge in [0.05, 0.1) is 16.3 Å². The summed E-state index contributed by atoms with van der Waals surface area (Å²) in [6, 6.07) is 6.02. The Bertz CT molecular complexity index is 754. The molecule has 0 aromatic carbocycles. The van der Waals surface area contributed by atoms with Crippen LogP contribution in [0.25, 0.3) is 0 Å². The van der Waals surface area contributed by atoms with E-state index in [1.54, 1.807) is 11.3 Å². The van der Waals surface area contributed by atoms with Gasteiger partial charge in [-0.2, -0.15) is 5.10 Å². The summed E-state index contributed by atoms with van der Waals surface area (Å²) in [5.74, 6) is 0.191. The van der Waals surface area contributed by atoms with Gasteiger partial charge >= 0.3 is 0 Å².